The molecule has 0 amide bonds. The van der Waals surface area contributed by atoms with E-state index in [-0.39, 0.29) is 0 Å². The molecule has 24 heavy (non-hydrogen) atoms. The van der Waals surface area contributed by atoms with Gasteiger partial charge >= 0.3 is 0 Å². The number of thioether (sulfide) groups is 1. The zero-order chi connectivity index (χ0) is 16.9. The highest BCUT2D eigenvalue weighted by atomic mass is 35.5. The van der Waals surface area contributed by atoms with Crippen LogP contribution >= 0.6 is 23.4 Å². The van der Waals surface area contributed by atoms with E-state index in [0.29, 0.717) is 23.3 Å². The maximum Gasteiger partial charge on any atom is 0.247 e. The van der Waals surface area contributed by atoms with Crippen LogP contribution in [0.2, 0.25) is 5.02 Å². The highest BCUT2D eigenvalue weighted by Gasteiger charge is 2.11. The lowest BCUT2D eigenvalue weighted by atomic mass is 10.2. The monoisotopic (exact) mass is 359 g/mol. The number of aromatic nitrogens is 2. The van der Waals surface area contributed by atoms with Gasteiger partial charge in [-0.2, -0.15) is 0 Å². The second-order valence-electron chi connectivity index (χ2n) is 5.53. The number of nitrogens with zero attached hydrogens (tertiary/aromatic N) is 3. The van der Waals surface area contributed by atoms with Crippen molar-refractivity contribution < 1.29 is 4.42 Å². The van der Waals surface area contributed by atoms with Crippen LogP contribution in [0.5, 0.6) is 0 Å². The first-order chi connectivity index (χ1) is 11.6. The smallest absolute Gasteiger partial charge is 0.247 e. The van der Waals surface area contributed by atoms with Crippen molar-refractivity contribution in [3.8, 4) is 11.5 Å². The summed E-state index contributed by atoms with van der Waals surface area (Å²) < 4.78 is 5.74. The molecule has 3 aromatic rings. The van der Waals surface area contributed by atoms with Gasteiger partial charge in [-0.3, -0.25) is 4.90 Å². The molecule has 3 rings (SSSR count). The summed E-state index contributed by atoms with van der Waals surface area (Å²) in [6, 6.07) is 15.9. The van der Waals surface area contributed by atoms with Gasteiger partial charge < -0.3 is 4.42 Å². The first-order valence-corrected chi connectivity index (χ1v) is 9.14. The lowest BCUT2D eigenvalue weighted by Crippen LogP contribution is -2.17. The SMILES string of the molecule is CSc1ccc(CN(C)Cc2nnc(-c3ccc(Cl)cc3)o2)cc1. The highest BCUT2D eigenvalue weighted by Crippen LogP contribution is 2.21. The van der Waals surface area contributed by atoms with Crippen LogP contribution in [0.3, 0.4) is 0 Å². The van der Waals surface area contributed by atoms with Gasteiger partial charge in [0.15, 0.2) is 0 Å². The molecule has 0 fully saturated rings. The molecule has 0 saturated carbocycles. The second kappa shape index (κ2) is 7.83. The molecular formula is C18H18ClN3OS. The van der Waals surface area contributed by atoms with Crippen LogP contribution in [-0.4, -0.2) is 28.4 Å². The number of benzene rings is 2. The quantitative estimate of drug-likeness (QED) is 0.594. The van der Waals surface area contributed by atoms with Crippen molar-refractivity contribution in [2.45, 2.75) is 18.0 Å². The van der Waals surface area contributed by atoms with E-state index in [1.165, 1.54) is 10.5 Å². The van der Waals surface area contributed by atoms with Crippen LogP contribution in [0.15, 0.2) is 57.8 Å². The minimum Gasteiger partial charge on any atom is -0.419 e. The standard InChI is InChI=1S/C18H18ClN3OS/c1-22(11-13-3-9-16(24-2)10-4-13)12-17-20-21-18(23-17)14-5-7-15(19)8-6-14/h3-10H,11-12H2,1-2H3. The zero-order valence-electron chi connectivity index (χ0n) is 13.6. The molecule has 0 aliphatic rings. The number of hydrogen-bond donors (Lipinski definition) is 0. The Morgan fingerprint density at radius 3 is 2.38 bits per heavy atom. The van der Waals surface area contributed by atoms with Crippen LogP contribution in [-0.2, 0) is 13.1 Å². The van der Waals surface area contributed by atoms with Gasteiger partial charge in [-0.05, 0) is 55.3 Å². The van der Waals surface area contributed by atoms with E-state index < -0.39 is 0 Å². The molecule has 6 heteroatoms. The molecule has 0 spiro atoms. The fourth-order valence-electron chi connectivity index (χ4n) is 2.36. The summed E-state index contributed by atoms with van der Waals surface area (Å²) in [4.78, 5) is 3.42. The molecule has 0 saturated heterocycles. The number of rotatable bonds is 6. The van der Waals surface area contributed by atoms with E-state index in [1.807, 2.05) is 31.3 Å². The molecule has 1 aromatic heterocycles. The Bertz CT molecular complexity index is 787. The molecule has 1 heterocycles. The summed E-state index contributed by atoms with van der Waals surface area (Å²) in [6.07, 6.45) is 2.08. The first-order valence-electron chi connectivity index (χ1n) is 7.54. The number of halogens is 1. The molecule has 0 aliphatic carbocycles. The molecule has 0 bridgehead atoms. The minimum absolute atomic E-state index is 0.513. The third-order valence-electron chi connectivity index (χ3n) is 3.57. The van der Waals surface area contributed by atoms with E-state index >= 15 is 0 Å². The molecule has 0 radical (unpaired) electrons. The molecule has 124 valence electrons. The molecule has 0 atom stereocenters. The van der Waals surface area contributed by atoms with Crippen molar-refractivity contribution >= 4 is 23.4 Å². The van der Waals surface area contributed by atoms with Crippen molar-refractivity contribution in [1.29, 1.82) is 0 Å². The van der Waals surface area contributed by atoms with Crippen LogP contribution in [0.4, 0.5) is 0 Å². The summed E-state index contributed by atoms with van der Waals surface area (Å²) >= 11 is 7.64. The summed E-state index contributed by atoms with van der Waals surface area (Å²) in [5.74, 6) is 1.11. The van der Waals surface area contributed by atoms with E-state index in [9.17, 15) is 0 Å². The minimum atomic E-state index is 0.513. The van der Waals surface area contributed by atoms with Crippen molar-refractivity contribution in [3.05, 3.63) is 65.0 Å². The van der Waals surface area contributed by atoms with Gasteiger partial charge in [0, 0.05) is 22.0 Å². The Hall–Kier alpha value is -1.82. The largest absolute Gasteiger partial charge is 0.419 e. The third kappa shape index (κ3) is 4.38. The topological polar surface area (TPSA) is 42.2 Å². The highest BCUT2D eigenvalue weighted by molar-refractivity contribution is 7.98. The molecule has 0 unspecified atom stereocenters. The predicted molar refractivity (Wildman–Crippen MR) is 98.1 cm³/mol. The summed E-state index contributed by atoms with van der Waals surface area (Å²) in [5, 5.41) is 8.92. The molecule has 0 N–H and O–H groups in total. The lowest BCUT2D eigenvalue weighted by molar-refractivity contribution is 0.283. The van der Waals surface area contributed by atoms with Crippen LogP contribution in [0.1, 0.15) is 11.5 Å². The van der Waals surface area contributed by atoms with Crippen LogP contribution in [0.25, 0.3) is 11.5 Å². The Balaban J connectivity index is 1.62. The van der Waals surface area contributed by atoms with Crippen LogP contribution in [0, 0.1) is 0 Å². The molecule has 4 nitrogen and oxygen atoms in total. The van der Waals surface area contributed by atoms with Gasteiger partial charge in [0.25, 0.3) is 0 Å². The fraction of sp³-hybridized carbons (Fsp3) is 0.222. The van der Waals surface area contributed by atoms with Crippen molar-refractivity contribution in [1.82, 2.24) is 15.1 Å². The summed E-state index contributed by atoms with van der Waals surface area (Å²) in [7, 11) is 2.04. The van der Waals surface area contributed by atoms with Gasteiger partial charge in [-0.15, -0.1) is 22.0 Å². The Kier molecular flexibility index (Phi) is 5.56. The van der Waals surface area contributed by atoms with Crippen molar-refractivity contribution in [3.63, 3.8) is 0 Å². The Labute approximate surface area is 150 Å². The number of hydrogen-bond acceptors (Lipinski definition) is 5. The van der Waals surface area contributed by atoms with E-state index in [4.69, 9.17) is 16.0 Å². The van der Waals surface area contributed by atoms with E-state index in [1.54, 1.807) is 11.8 Å². The molecule has 0 aliphatic heterocycles. The van der Waals surface area contributed by atoms with E-state index in [0.717, 1.165) is 12.1 Å². The lowest BCUT2D eigenvalue weighted by Gasteiger charge is -2.14. The van der Waals surface area contributed by atoms with Gasteiger partial charge in [-0.1, -0.05) is 23.7 Å². The zero-order valence-corrected chi connectivity index (χ0v) is 15.1. The van der Waals surface area contributed by atoms with Gasteiger partial charge in [0.1, 0.15) is 0 Å². The third-order valence-corrected chi connectivity index (χ3v) is 4.57. The Morgan fingerprint density at radius 2 is 1.71 bits per heavy atom. The van der Waals surface area contributed by atoms with Crippen molar-refractivity contribution in [2.75, 3.05) is 13.3 Å². The summed E-state index contributed by atoms with van der Waals surface area (Å²) in [6.45, 7) is 1.43. The van der Waals surface area contributed by atoms with Crippen molar-refractivity contribution in [2.24, 2.45) is 0 Å². The summed E-state index contributed by atoms with van der Waals surface area (Å²) in [5.41, 5.74) is 2.13. The van der Waals surface area contributed by atoms with E-state index in [2.05, 4.69) is 45.6 Å². The van der Waals surface area contributed by atoms with Gasteiger partial charge in [0.2, 0.25) is 11.8 Å². The molecule has 2 aromatic carbocycles. The van der Waals surface area contributed by atoms with Gasteiger partial charge in [0.05, 0.1) is 6.54 Å². The predicted octanol–water partition coefficient (Wildman–Crippen LogP) is 4.74. The maximum atomic E-state index is 5.89. The fourth-order valence-corrected chi connectivity index (χ4v) is 2.89. The normalized spacial score (nSPS) is 11.2. The first kappa shape index (κ1) is 17.0. The Morgan fingerprint density at radius 1 is 1.00 bits per heavy atom. The van der Waals surface area contributed by atoms with Crippen LogP contribution < -0.4 is 0 Å². The average molecular weight is 360 g/mol. The second-order valence-corrected chi connectivity index (χ2v) is 6.84. The van der Waals surface area contributed by atoms with Gasteiger partial charge in [-0.25, -0.2) is 0 Å². The molecular weight excluding hydrogens is 342 g/mol. The maximum absolute atomic E-state index is 5.89. The average Bonchev–Trinajstić information content (AvgIpc) is 3.04.